The number of aliphatic imine (C=N–C) groups is 2. The number of carbonyl (C=O) groups excluding carboxylic acids is 2. The zero-order valence-electron chi connectivity index (χ0n) is 16.3. The topological polar surface area (TPSA) is 90.4 Å². The average Bonchev–Trinajstić information content (AvgIpc) is 2.76. The number of fused-ring (bicyclic) bond motifs is 8. The largest absolute Gasteiger partial charge is 0.412 e. The van der Waals surface area contributed by atoms with Crippen molar-refractivity contribution in [3.05, 3.63) is 84.9 Å². The molecule has 0 saturated heterocycles. The maximum Gasteiger partial charge on any atom is 0.240 e. The highest BCUT2D eigenvalue weighted by atomic mass is 16.1. The molecule has 5 nitrogen and oxygen atoms in total. The van der Waals surface area contributed by atoms with E-state index in [1.54, 1.807) is 12.2 Å². The molecule has 148 valence electrons. The highest BCUT2D eigenvalue weighted by Gasteiger charge is 2.25. The average molecular weight is 404 g/mol. The molecule has 0 atom stereocenters. The maximum absolute atomic E-state index is 10.3. The van der Waals surface area contributed by atoms with Crippen LogP contribution in [0.2, 0.25) is 0 Å². The molecule has 0 spiro atoms. The van der Waals surface area contributed by atoms with Crippen molar-refractivity contribution in [1.82, 2.24) is 0 Å². The standard InChI is InChI=1S/2C13H7NO.H2O/c2*15-8-14-12-7-3-6-11-9-4-1-2-5-10(9)13(11)12;/h2*1-7H;1H2. The second-order valence-corrected chi connectivity index (χ2v) is 6.90. The van der Waals surface area contributed by atoms with Crippen LogP contribution in [0.15, 0.2) is 94.9 Å². The molecule has 0 fully saturated rings. The van der Waals surface area contributed by atoms with E-state index >= 15 is 0 Å². The lowest BCUT2D eigenvalue weighted by molar-refractivity contribution is 0.564. The van der Waals surface area contributed by atoms with Gasteiger partial charge in [-0.2, -0.15) is 9.98 Å². The molecule has 4 aromatic carbocycles. The zero-order chi connectivity index (χ0) is 20.5. The van der Waals surface area contributed by atoms with E-state index in [1.165, 1.54) is 33.4 Å². The Bertz CT molecular complexity index is 1300. The van der Waals surface area contributed by atoms with Crippen LogP contribution < -0.4 is 0 Å². The molecular weight excluding hydrogens is 388 g/mol. The Morgan fingerprint density at radius 3 is 1.19 bits per heavy atom. The van der Waals surface area contributed by atoms with Crippen molar-refractivity contribution in [2.24, 2.45) is 9.98 Å². The molecule has 0 amide bonds. The first kappa shape index (κ1) is 19.9. The van der Waals surface area contributed by atoms with Gasteiger partial charge in [0.2, 0.25) is 12.2 Å². The minimum Gasteiger partial charge on any atom is -0.412 e. The molecule has 2 N–H and O–H groups in total. The lowest BCUT2D eigenvalue weighted by atomic mass is 9.80. The molecule has 0 bridgehead atoms. The van der Waals surface area contributed by atoms with Gasteiger partial charge < -0.3 is 5.48 Å². The van der Waals surface area contributed by atoms with Crippen LogP contribution >= 0.6 is 0 Å². The van der Waals surface area contributed by atoms with Crippen LogP contribution in [0.5, 0.6) is 0 Å². The van der Waals surface area contributed by atoms with Crippen LogP contribution in [-0.4, -0.2) is 17.6 Å². The molecule has 0 aliphatic heterocycles. The van der Waals surface area contributed by atoms with Crippen molar-refractivity contribution in [3.63, 3.8) is 0 Å². The fourth-order valence-corrected chi connectivity index (χ4v) is 4.13. The number of isocyanates is 2. The van der Waals surface area contributed by atoms with Crippen molar-refractivity contribution in [1.29, 1.82) is 0 Å². The first-order valence-electron chi connectivity index (χ1n) is 9.45. The van der Waals surface area contributed by atoms with Crippen LogP contribution in [0.3, 0.4) is 0 Å². The maximum atomic E-state index is 10.3. The summed E-state index contributed by atoms with van der Waals surface area (Å²) in [5.74, 6) is 0. The molecular formula is C26H16N2O3. The van der Waals surface area contributed by atoms with E-state index in [1.807, 2.05) is 72.8 Å². The van der Waals surface area contributed by atoms with Crippen LogP contribution in [0.1, 0.15) is 0 Å². The molecule has 5 heteroatoms. The van der Waals surface area contributed by atoms with Crippen molar-refractivity contribution in [3.8, 4) is 44.5 Å². The van der Waals surface area contributed by atoms with Crippen molar-refractivity contribution >= 4 is 23.5 Å². The summed E-state index contributed by atoms with van der Waals surface area (Å²) in [6, 6.07) is 27.8. The number of rotatable bonds is 2. The smallest absolute Gasteiger partial charge is 0.240 e. The van der Waals surface area contributed by atoms with Crippen molar-refractivity contribution in [2.75, 3.05) is 0 Å². The third kappa shape index (κ3) is 3.12. The van der Waals surface area contributed by atoms with E-state index in [4.69, 9.17) is 0 Å². The Balaban J connectivity index is 0.000000144. The second kappa shape index (κ2) is 8.15. The molecule has 6 rings (SSSR count). The van der Waals surface area contributed by atoms with E-state index in [9.17, 15) is 9.59 Å². The van der Waals surface area contributed by atoms with E-state index in [-0.39, 0.29) is 5.48 Å². The van der Waals surface area contributed by atoms with E-state index in [0.717, 1.165) is 11.1 Å². The predicted molar refractivity (Wildman–Crippen MR) is 121 cm³/mol. The minimum absolute atomic E-state index is 0. The van der Waals surface area contributed by atoms with Crippen LogP contribution in [0.25, 0.3) is 44.5 Å². The molecule has 2 aliphatic rings. The third-order valence-corrected chi connectivity index (χ3v) is 5.39. The molecule has 0 heterocycles. The normalized spacial score (nSPS) is 10.3. The van der Waals surface area contributed by atoms with Gasteiger partial charge in [0.15, 0.2) is 0 Å². The van der Waals surface area contributed by atoms with Crippen LogP contribution in [-0.2, 0) is 9.59 Å². The monoisotopic (exact) mass is 404 g/mol. The van der Waals surface area contributed by atoms with Crippen LogP contribution in [0.4, 0.5) is 11.4 Å². The summed E-state index contributed by atoms with van der Waals surface area (Å²) < 4.78 is 0. The lowest BCUT2D eigenvalue weighted by Crippen LogP contribution is -1.97. The van der Waals surface area contributed by atoms with Gasteiger partial charge in [0.25, 0.3) is 0 Å². The van der Waals surface area contributed by atoms with Crippen molar-refractivity contribution < 1.29 is 15.1 Å². The number of hydrogen-bond acceptors (Lipinski definition) is 4. The van der Waals surface area contributed by atoms with Crippen LogP contribution in [0, 0.1) is 0 Å². The van der Waals surface area contributed by atoms with Gasteiger partial charge in [0, 0.05) is 11.1 Å². The first-order valence-corrected chi connectivity index (χ1v) is 9.45. The van der Waals surface area contributed by atoms with E-state index in [0.29, 0.717) is 11.4 Å². The second-order valence-electron chi connectivity index (χ2n) is 6.90. The Morgan fingerprint density at radius 1 is 0.452 bits per heavy atom. The summed E-state index contributed by atoms with van der Waals surface area (Å²) in [4.78, 5) is 28.0. The zero-order valence-corrected chi connectivity index (χ0v) is 16.3. The summed E-state index contributed by atoms with van der Waals surface area (Å²) in [6.07, 6.45) is 3.18. The quantitative estimate of drug-likeness (QED) is 0.270. The highest BCUT2D eigenvalue weighted by molar-refractivity contribution is 6.08. The first-order chi connectivity index (χ1) is 14.8. The van der Waals surface area contributed by atoms with Gasteiger partial charge in [-0.05, 0) is 45.5 Å². The summed E-state index contributed by atoms with van der Waals surface area (Å²) >= 11 is 0. The Morgan fingerprint density at radius 2 is 0.806 bits per heavy atom. The summed E-state index contributed by atoms with van der Waals surface area (Å²) in [5.41, 5.74) is 10.7. The molecule has 2 aliphatic carbocycles. The van der Waals surface area contributed by atoms with Crippen molar-refractivity contribution in [2.45, 2.75) is 0 Å². The van der Waals surface area contributed by atoms with Gasteiger partial charge in [0.05, 0.1) is 11.4 Å². The van der Waals surface area contributed by atoms with Gasteiger partial charge in [-0.1, -0.05) is 72.8 Å². The summed E-state index contributed by atoms with van der Waals surface area (Å²) in [6.45, 7) is 0. The molecule has 0 aromatic heterocycles. The van der Waals surface area contributed by atoms with Gasteiger partial charge >= 0.3 is 0 Å². The third-order valence-electron chi connectivity index (χ3n) is 5.39. The highest BCUT2D eigenvalue weighted by Crippen LogP contribution is 2.52. The molecule has 0 saturated carbocycles. The number of hydrogen-bond donors (Lipinski definition) is 0. The fourth-order valence-electron chi connectivity index (χ4n) is 4.13. The predicted octanol–water partition coefficient (Wildman–Crippen LogP) is 5.78. The van der Waals surface area contributed by atoms with Gasteiger partial charge in [-0.25, -0.2) is 9.59 Å². The van der Waals surface area contributed by atoms with E-state index < -0.39 is 0 Å². The van der Waals surface area contributed by atoms with Gasteiger partial charge in [-0.3, -0.25) is 0 Å². The molecule has 31 heavy (non-hydrogen) atoms. The number of nitrogens with zero attached hydrogens (tertiary/aromatic N) is 2. The SMILES string of the molecule is O.O=C=Nc1cccc2c1-c1ccccc1-2.O=C=Nc1cccc2c1-c1ccccc1-2. The summed E-state index contributed by atoms with van der Waals surface area (Å²) in [5, 5.41) is 0. The van der Waals surface area contributed by atoms with Gasteiger partial charge in [0.1, 0.15) is 0 Å². The Labute approximate surface area is 178 Å². The fraction of sp³-hybridized carbons (Fsp3) is 0. The molecule has 4 aromatic rings. The van der Waals surface area contributed by atoms with Gasteiger partial charge in [-0.15, -0.1) is 0 Å². The molecule has 0 radical (unpaired) electrons. The minimum atomic E-state index is 0. The summed E-state index contributed by atoms with van der Waals surface area (Å²) in [7, 11) is 0. The number of benzene rings is 4. The molecule has 0 unspecified atom stereocenters. The Hall–Kier alpha value is -4.40. The van der Waals surface area contributed by atoms with E-state index in [2.05, 4.69) is 22.1 Å². The Kier molecular flexibility index (Phi) is 5.23. The lowest BCUT2D eigenvalue weighted by Gasteiger charge is -2.24.